The molecule has 6 aliphatic rings. The summed E-state index contributed by atoms with van der Waals surface area (Å²) in [5.74, 6) is 4.20. The number of carbonyl (C=O) groups excluding carboxylic acids is 2. The molecule has 0 aromatic rings. The molecule has 0 heterocycles. The summed E-state index contributed by atoms with van der Waals surface area (Å²) in [4.78, 5) is 24.4. The van der Waals surface area contributed by atoms with Gasteiger partial charge in [-0.25, -0.2) is 9.59 Å². The predicted octanol–water partition coefficient (Wildman–Crippen LogP) is 1.41. The van der Waals surface area contributed by atoms with Crippen LogP contribution in [0, 0.1) is 47.3 Å². The number of rotatable bonds is 2. The maximum Gasteiger partial charge on any atom is 0.334 e. The quantitative estimate of drug-likeness (QED) is 0.714. The fraction of sp³-hybridized carbons (Fsp3) is 0.750. The highest BCUT2D eigenvalue weighted by Gasteiger charge is 2.80. The summed E-state index contributed by atoms with van der Waals surface area (Å²) in [6, 6.07) is 0. The Balaban J connectivity index is 1.68. The molecule has 0 aromatic carbocycles. The SMILES string of the molecule is COC(=O)C1=C(C(=O)OC)[C@@H]2C3C4[C@H]5CC[C@H]4[C@H]2[C@H]5[C@H]13. The Morgan fingerprint density at radius 3 is 1.65 bits per heavy atom. The summed E-state index contributed by atoms with van der Waals surface area (Å²) in [6.07, 6.45) is 2.66. The number of methoxy groups -OCH3 is 2. The van der Waals surface area contributed by atoms with Crippen LogP contribution in [0.1, 0.15) is 12.8 Å². The first-order chi connectivity index (χ1) is 9.70. The molecule has 0 aliphatic heterocycles. The van der Waals surface area contributed by atoms with Gasteiger partial charge in [0.15, 0.2) is 0 Å². The third-order valence-electron chi connectivity index (χ3n) is 7.13. The molecule has 6 aliphatic carbocycles. The Kier molecular flexibility index (Phi) is 1.87. The zero-order valence-corrected chi connectivity index (χ0v) is 11.7. The highest BCUT2D eigenvalue weighted by molar-refractivity contribution is 6.03. The Morgan fingerprint density at radius 1 is 0.800 bits per heavy atom. The molecule has 0 aromatic heterocycles. The average Bonchev–Trinajstić information content (AvgIpc) is 3.23. The van der Waals surface area contributed by atoms with Gasteiger partial charge in [0.2, 0.25) is 0 Å². The minimum Gasteiger partial charge on any atom is -0.466 e. The molecule has 6 rings (SSSR count). The summed E-state index contributed by atoms with van der Waals surface area (Å²) in [7, 11) is 2.82. The second-order valence-electron chi connectivity index (χ2n) is 7.08. The van der Waals surface area contributed by atoms with Gasteiger partial charge in [0, 0.05) is 0 Å². The molecule has 8 bridgehead atoms. The number of hydrogen-bond donors (Lipinski definition) is 0. The number of hydrogen-bond acceptors (Lipinski definition) is 4. The smallest absolute Gasteiger partial charge is 0.334 e. The summed E-state index contributed by atoms with van der Waals surface area (Å²) < 4.78 is 9.92. The molecular weight excluding hydrogens is 256 g/mol. The summed E-state index contributed by atoms with van der Waals surface area (Å²) in [5, 5.41) is 0. The third-order valence-corrected chi connectivity index (χ3v) is 7.13. The molecule has 4 heteroatoms. The van der Waals surface area contributed by atoms with Gasteiger partial charge in [-0.15, -0.1) is 0 Å². The largest absolute Gasteiger partial charge is 0.466 e. The molecule has 0 spiro atoms. The minimum atomic E-state index is -0.301. The van der Waals surface area contributed by atoms with Crippen molar-refractivity contribution in [3.8, 4) is 0 Å². The highest BCUT2D eigenvalue weighted by atomic mass is 16.5. The van der Waals surface area contributed by atoms with Crippen LogP contribution in [0.2, 0.25) is 0 Å². The molecular formula is C16H18O4. The molecule has 106 valence electrons. The van der Waals surface area contributed by atoms with Crippen LogP contribution in [0.4, 0.5) is 0 Å². The van der Waals surface area contributed by atoms with Crippen LogP contribution >= 0.6 is 0 Å². The van der Waals surface area contributed by atoms with Gasteiger partial charge in [-0.2, -0.15) is 0 Å². The Bertz CT molecular complexity index is 529. The van der Waals surface area contributed by atoms with E-state index in [-0.39, 0.29) is 23.8 Å². The molecule has 4 nitrogen and oxygen atoms in total. The van der Waals surface area contributed by atoms with Crippen LogP contribution < -0.4 is 0 Å². The molecule has 5 fully saturated rings. The van der Waals surface area contributed by atoms with Crippen molar-refractivity contribution in [2.24, 2.45) is 47.3 Å². The second kappa shape index (κ2) is 3.29. The molecule has 5 saturated carbocycles. The first-order valence-electron chi connectivity index (χ1n) is 7.61. The summed E-state index contributed by atoms with van der Waals surface area (Å²) in [6.45, 7) is 0. The van der Waals surface area contributed by atoms with Crippen molar-refractivity contribution in [1.29, 1.82) is 0 Å². The van der Waals surface area contributed by atoms with Gasteiger partial charge in [-0.1, -0.05) is 0 Å². The topological polar surface area (TPSA) is 52.6 Å². The van der Waals surface area contributed by atoms with E-state index in [0.717, 1.165) is 17.8 Å². The van der Waals surface area contributed by atoms with E-state index < -0.39 is 0 Å². The predicted molar refractivity (Wildman–Crippen MR) is 68.2 cm³/mol. The van der Waals surface area contributed by atoms with E-state index in [1.807, 2.05) is 0 Å². The van der Waals surface area contributed by atoms with Crippen molar-refractivity contribution >= 4 is 11.9 Å². The lowest BCUT2D eigenvalue weighted by molar-refractivity contribution is -0.140. The van der Waals surface area contributed by atoms with Gasteiger partial charge < -0.3 is 9.47 Å². The monoisotopic (exact) mass is 274 g/mol. The van der Waals surface area contributed by atoms with Gasteiger partial charge >= 0.3 is 11.9 Å². The van der Waals surface area contributed by atoms with Crippen molar-refractivity contribution in [2.75, 3.05) is 14.2 Å². The first-order valence-corrected chi connectivity index (χ1v) is 7.61. The molecule has 0 unspecified atom stereocenters. The lowest BCUT2D eigenvalue weighted by atomic mass is 9.69. The van der Waals surface area contributed by atoms with E-state index >= 15 is 0 Å². The van der Waals surface area contributed by atoms with Gasteiger partial charge in [0.25, 0.3) is 0 Å². The Hall–Kier alpha value is -1.32. The zero-order valence-electron chi connectivity index (χ0n) is 11.7. The molecule has 0 saturated heterocycles. The lowest BCUT2D eigenvalue weighted by Gasteiger charge is -2.35. The Morgan fingerprint density at radius 2 is 1.25 bits per heavy atom. The van der Waals surface area contributed by atoms with E-state index in [0.29, 0.717) is 28.9 Å². The van der Waals surface area contributed by atoms with Crippen molar-refractivity contribution < 1.29 is 19.1 Å². The average molecular weight is 274 g/mol. The standard InChI is InChI=1S/C16H18O4/c1-19-15(17)13-11-8-5-3-4-6-7(5)10(11)12(9(6)8)14(13)16(18)20-2/h5-12H,3-4H2,1-2H3/t5-,6-,7?,8+,9+,10?,11+,12+/m1/s1. The van der Waals surface area contributed by atoms with Crippen molar-refractivity contribution in [3.63, 3.8) is 0 Å². The maximum atomic E-state index is 12.2. The van der Waals surface area contributed by atoms with E-state index in [1.165, 1.54) is 27.1 Å². The van der Waals surface area contributed by atoms with Crippen molar-refractivity contribution in [2.45, 2.75) is 12.8 Å². The van der Waals surface area contributed by atoms with Crippen LogP contribution in [0.15, 0.2) is 11.1 Å². The highest BCUT2D eigenvalue weighted by Crippen LogP contribution is 2.83. The number of carbonyl (C=O) groups is 2. The van der Waals surface area contributed by atoms with Crippen LogP contribution in [0.3, 0.4) is 0 Å². The third kappa shape index (κ3) is 0.895. The number of ether oxygens (including phenoxy) is 2. The van der Waals surface area contributed by atoms with E-state index in [2.05, 4.69) is 0 Å². The van der Waals surface area contributed by atoms with Gasteiger partial charge in [-0.3, -0.25) is 0 Å². The first kappa shape index (κ1) is 11.4. The molecule has 6 atom stereocenters. The summed E-state index contributed by atoms with van der Waals surface area (Å²) >= 11 is 0. The van der Waals surface area contributed by atoms with E-state index in [4.69, 9.17) is 9.47 Å². The van der Waals surface area contributed by atoms with Crippen LogP contribution in [-0.2, 0) is 19.1 Å². The van der Waals surface area contributed by atoms with Crippen molar-refractivity contribution in [1.82, 2.24) is 0 Å². The normalized spacial score (nSPS) is 52.3. The van der Waals surface area contributed by atoms with E-state index in [9.17, 15) is 9.59 Å². The second-order valence-corrected chi connectivity index (χ2v) is 7.08. The molecule has 0 N–H and O–H groups in total. The van der Waals surface area contributed by atoms with E-state index in [1.54, 1.807) is 0 Å². The minimum absolute atomic E-state index is 0.290. The van der Waals surface area contributed by atoms with Gasteiger partial charge in [0.05, 0.1) is 25.4 Å². The zero-order chi connectivity index (χ0) is 13.8. The molecule has 0 radical (unpaired) electrons. The van der Waals surface area contributed by atoms with Gasteiger partial charge in [0.1, 0.15) is 0 Å². The van der Waals surface area contributed by atoms with Gasteiger partial charge in [-0.05, 0) is 60.2 Å². The van der Waals surface area contributed by atoms with Crippen molar-refractivity contribution in [3.05, 3.63) is 11.1 Å². The summed E-state index contributed by atoms with van der Waals surface area (Å²) in [5.41, 5.74) is 1.34. The van der Waals surface area contributed by atoms with Crippen LogP contribution in [0.5, 0.6) is 0 Å². The lowest BCUT2D eigenvalue weighted by Crippen LogP contribution is -2.34. The maximum absolute atomic E-state index is 12.2. The number of esters is 2. The van der Waals surface area contributed by atoms with Crippen LogP contribution in [-0.4, -0.2) is 26.2 Å². The fourth-order valence-electron chi connectivity index (χ4n) is 7.19. The fourth-order valence-corrected chi connectivity index (χ4v) is 7.19. The Labute approximate surface area is 117 Å². The van der Waals surface area contributed by atoms with Crippen LogP contribution in [0.25, 0.3) is 0 Å². The molecule has 20 heavy (non-hydrogen) atoms. The molecule has 0 amide bonds.